The number of ketones is 5. The lowest BCUT2D eigenvalue weighted by Crippen LogP contribution is -2.49. The van der Waals surface area contributed by atoms with Gasteiger partial charge in [0.15, 0.2) is 11.6 Å². The predicted octanol–water partition coefficient (Wildman–Crippen LogP) is 7.88. The average Bonchev–Trinajstić information content (AvgIpc) is 3.94. The van der Waals surface area contributed by atoms with Crippen LogP contribution in [-0.2, 0) is 24.0 Å². The molecule has 1 aromatic heterocycles. The number of fused-ring (bicyclic) bond motifs is 1. The molecule has 0 aromatic carbocycles. The maximum absolute atomic E-state index is 15.2. The first-order valence-corrected chi connectivity index (χ1v) is 20.8. The quantitative estimate of drug-likeness (QED) is 0.160. The van der Waals surface area contributed by atoms with E-state index < -0.39 is 46.8 Å². The second kappa shape index (κ2) is 15.2. The van der Waals surface area contributed by atoms with Crippen molar-refractivity contribution >= 4 is 34.8 Å². The van der Waals surface area contributed by atoms with Crippen molar-refractivity contribution in [3.63, 3.8) is 0 Å². The number of nitrogens with zero attached hydrogens (tertiary/aromatic N) is 2. The average molecular weight is 730 g/mol. The number of carbonyl (C=O) groups excluding carboxylic acids is 6. The highest BCUT2D eigenvalue weighted by molar-refractivity contribution is 6.38. The molecule has 53 heavy (non-hydrogen) atoms. The first-order chi connectivity index (χ1) is 25.1. The molecule has 5 saturated carbocycles. The molecule has 5 fully saturated rings. The Morgan fingerprint density at radius 1 is 0.868 bits per heavy atom. The zero-order chi connectivity index (χ0) is 38.3. The van der Waals surface area contributed by atoms with Crippen molar-refractivity contribution in [1.82, 2.24) is 15.3 Å². The van der Waals surface area contributed by atoms with Gasteiger partial charge in [-0.25, -0.2) is 4.98 Å². The molecule has 290 valence electrons. The number of hydrogen-bond acceptors (Lipinski definition) is 8. The molecule has 0 bridgehead atoms. The monoisotopic (exact) mass is 729 g/mol. The van der Waals surface area contributed by atoms with E-state index in [-0.39, 0.29) is 70.3 Å². The second-order valence-electron chi connectivity index (χ2n) is 19.3. The van der Waals surface area contributed by atoms with Crippen LogP contribution in [0, 0.1) is 57.2 Å². The van der Waals surface area contributed by atoms with E-state index in [9.17, 15) is 24.0 Å². The maximum atomic E-state index is 15.2. The van der Waals surface area contributed by atoms with Crippen molar-refractivity contribution in [3.8, 4) is 0 Å². The number of amides is 1. The van der Waals surface area contributed by atoms with E-state index in [4.69, 9.17) is 0 Å². The highest BCUT2D eigenvalue weighted by Gasteiger charge is 2.85. The SMILES string of the molecule is CCCC(CC(=O)[C@@H]1C[C@@]2(CC1C(=O)[C@@H](CC(=O)[C@@H](NC(=O)c1cnccn1)C1CCCCC1)C(C)(C)C)C(C)(C)C21CCC1)C(=O)C(=O)CC1CC1. The minimum absolute atomic E-state index is 0.00167. The van der Waals surface area contributed by atoms with Crippen molar-refractivity contribution in [1.29, 1.82) is 0 Å². The molecule has 1 aromatic rings. The highest BCUT2D eigenvalue weighted by atomic mass is 16.2. The van der Waals surface area contributed by atoms with Gasteiger partial charge in [0.25, 0.3) is 5.91 Å². The number of nitrogens with one attached hydrogen (secondary N) is 1. The molecular weight excluding hydrogens is 666 g/mol. The molecule has 2 spiro atoms. The van der Waals surface area contributed by atoms with E-state index in [1.54, 1.807) is 0 Å². The van der Waals surface area contributed by atoms with E-state index in [2.05, 4.69) is 29.1 Å². The normalized spacial score (nSPS) is 27.7. The zero-order valence-electron chi connectivity index (χ0n) is 33.1. The van der Waals surface area contributed by atoms with E-state index >= 15 is 4.79 Å². The summed E-state index contributed by atoms with van der Waals surface area (Å²) in [6.45, 7) is 12.6. The summed E-state index contributed by atoms with van der Waals surface area (Å²) in [5.41, 5.74) is -0.448. The standard InChI is InChI=1S/C44H63N3O6/c1-7-12-29(38(51)36(50)21-27-15-16-27)22-34(48)30-24-44(42(5,6)43(44)17-11-18-43)25-31(30)39(52)32(41(2,3)4)23-35(49)37(28-13-9-8-10-14-28)47-40(53)33-26-45-19-20-46-33/h19-20,26-32,37H,7-18,21-25H2,1-6H3,(H,47,53)/t29?,30-,31?,32-,37+,44-/m1/s1. The maximum Gasteiger partial charge on any atom is 0.272 e. The third-order valence-electron chi connectivity index (χ3n) is 15.1. The fourth-order valence-corrected chi connectivity index (χ4v) is 11.5. The van der Waals surface area contributed by atoms with Crippen molar-refractivity contribution in [3.05, 3.63) is 24.3 Å². The topological polar surface area (TPSA) is 140 Å². The molecule has 2 unspecified atom stereocenters. The Balaban J connectivity index is 1.26. The molecule has 0 radical (unpaired) electrons. The van der Waals surface area contributed by atoms with E-state index in [1.165, 1.54) is 18.6 Å². The predicted molar refractivity (Wildman–Crippen MR) is 202 cm³/mol. The van der Waals surface area contributed by atoms with Gasteiger partial charge < -0.3 is 5.32 Å². The molecule has 5 aliphatic rings. The van der Waals surface area contributed by atoms with Gasteiger partial charge in [0.2, 0.25) is 5.78 Å². The lowest BCUT2D eigenvalue weighted by molar-refractivity contribution is -0.142. The van der Waals surface area contributed by atoms with E-state index in [0.717, 1.165) is 64.2 Å². The summed E-state index contributed by atoms with van der Waals surface area (Å²) >= 11 is 0. The number of Topliss-reactive ketones (excluding diaryl/α,β-unsaturated/α-hetero) is 5. The Morgan fingerprint density at radius 3 is 2.09 bits per heavy atom. The Morgan fingerprint density at radius 2 is 1.55 bits per heavy atom. The van der Waals surface area contributed by atoms with Crippen molar-refractivity contribution in [2.75, 3.05) is 0 Å². The molecule has 0 saturated heterocycles. The summed E-state index contributed by atoms with van der Waals surface area (Å²) in [6, 6.07) is -0.746. The Labute approximate surface area is 316 Å². The minimum Gasteiger partial charge on any atom is -0.341 e. The first kappa shape index (κ1) is 39.6. The fraction of sp³-hybridized carbons (Fsp3) is 0.773. The third-order valence-corrected chi connectivity index (χ3v) is 15.1. The van der Waals surface area contributed by atoms with Crippen LogP contribution in [0.5, 0.6) is 0 Å². The van der Waals surface area contributed by atoms with Crippen LogP contribution < -0.4 is 5.32 Å². The Kier molecular flexibility index (Phi) is 11.4. The van der Waals surface area contributed by atoms with Crippen LogP contribution in [0.3, 0.4) is 0 Å². The van der Waals surface area contributed by atoms with Gasteiger partial charge in [0, 0.05) is 55.3 Å². The zero-order valence-corrected chi connectivity index (χ0v) is 33.1. The van der Waals surface area contributed by atoms with Crippen LogP contribution in [0.15, 0.2) is 18.6 Å². The Hall–Kier alpha value is -3.10. The summed E-state index contributed by atoms with van der Waals surface area (Å²) in [7, 11) is 0. The van der Waals surface area contributed by atoms with Crippen molar-refractivity contribution in [2.45, 2.75) is 157 Å². The number of rotatable bonds is 17. The first-order valence-electron chi connectivity index (χ1n) is 20.8. The fourth-order valence-electron chi connectivity index (χ4n) is 11.5. The van der Waals surface area contributed by atoms with Crippen LogP contribution in [0.2, 0.25) is 0 Å². The number of carbonyl (C=O) groups is 6. The van der Waals surface area contributed by atoms with Crippen LogP contribution in [0.4, 0.5) is 0 Å². The summed E-state index contributed by atoms with van der Waals surface area (Å²) in [6.07, 6.45) is 17.0. The van der Waals surface area contributed by atoms with Crippen LogP contribution in [-0.4, -0.2) is 50.8 Å². The van der Waals surface area contributed by atoms with Gasteiger partial charge in [0.05, 0.1) is 12.2 Å². The van der Waals surface area contributed by atoms with Gasteiger partial charge in [-0.15, -0.1) is 0 Å². The lowest BCUT2D eigenvalue weighted by Gasteiger charge is -2.35. The minimum atomic E-state index is -0.746. The van der Waals surface area contributed by atoms with E-state index in [0.29, 0.717) is 31.6 Å². The summed E-state index contributed by atoms with van der Waals surface area (Å²) in [4.78, 5) is 92.2. The second-order valence-corrected chi connectivity index (χ2v) is 19.3. The van der Waals surface area contributed by atoms with Crippen molar-refractivity contribution in [2.24, 2.45) is 57.2 Å². The van der Waals surface area contributed by atoms with Crippen molar-refractivity contribution < 1.29 is 28.8 Å². The third kappa shape index (κ3) is 7.48. The summed E-state index contributed by atoms with van der Waals surface area (Å²) in [5, 5.41) is 3.01. The smallest absolute Gasteiger partial charge is 0.272 e. The lowest BCUT2D eigenvalue weighted by atomic mass is 9.68. The molecule has 1 heterocycles. The summed E-state index contributed by atoms with van der Waals surface area (Å²) < 4.78 is 0. The van der Waals surface area contributed by atoms with Crippen LogP contribution >= 0.6 is 0 Å². The molecule has 1 N–H and O–H groups in total. The molecule has 9 nitrogen and oxygen atoms in total. The van der Waals surface area contributed by atoms with E-state index in [1.807, 2.05) is 27.7 Å². The summed E-state index contributed by atoms with van der Waals surface area (Å²) in [5.74, 6) is -3.61. The number of aromatic nitrogens is 2. The Bertz CT molecular complexity index is 1580. The molecule has 1 amide bonds. The molecule has 9 heteroatoms. The number of hydrogen-bond donors (Lipinski definition) is 1. The van der Waals surface area contributed by atoms with Gasteiger partial charge >= 0.3 is 0 Å². The van der Waals surface area contributed by atoms with Gasteiger partial charge in [-0.2, -0.15) is 0 Å². The van der Waals surface area contributed by atoms with Crippen LogP contribution in [0.1, 0.15) is 161 Å². The highest BCUT2D eigenvalue weighted by Crippen LogP contribution is 2.90. The van der Waals surface area contributed by atoms with Crippen LogP contribution in [0.25, 0.3) is 0 Å². The molecule has 5 aliphatic carbocycles. The largest absolute Gasteiger partial charge is 0.341 e. The molecule has 0 aliphatic heterocycles. The molecule has 6 rings (SSSR count). The van der Waals surface area contributed by atoms with Gasteiger partial charge in [-0.05, 0) is 91.3 Å². The van der Waals surface area contributed by atoms with Gasteiger partial charge in [-0.3, -0.25) is 33.8 Å². The van der Waals surface area contributed by atoms with Gasteiger partial charge in [0.1, 0.15) is 17.3 Å². The van der Waals surface area contributed by atoms with Gasteiger partial charge in [-0.1, -0.05) is 73.6 Å². The molecular formula is C44H63N3O6. The molecule has 6 atom stereocenters.